The minimum Gasteiger partial charge on any atom is -0.507 e. The van der Waals surface area contributed by atoms with E-state index in [2.05, 4.69) is 18.0 Å². The van der Waals surface area contributed by atoms with Crippen molar-refractivity contribution in [2.75, 3.05) is 0 Å². The molecule has 1 N–H and O–H groups in total. The Morgan fingerprint density at radius 1 is 1.22 bits per heavy atom. The maximum Gasteiger partial charge on any atom is 0.127 e. The quantitative estimate of drug-likeness (QED) is 0.912. The fourth-order valence-corrected chi connectivity index (χ4v) is 3.43. The molecule has 0 saturated carbocycles. The summed E-state index contributed by atoms with van der Waals surface area (Å²) < 4.78 is 6.46. The molecule has 3 heteroatoms. The summed E-state index contributed by atoms with van der Waals surface area (Å²) >= 11 is 0. The van der Waals surface area contributed by atoms with E-state index in [0.717, 1.165) is 48.1 Å². The third kappa shape index (κ3) is 2.92. The first-order valence-electron chi connectivity index (χ1n) is 8.31. The number of aromatic nitrogens is 1. The van der Waals surface area contributed by atoms with Gasteiger partial charge in [0.15, 0.2) is 0 Å². The molecule has 2 heterocycles. The SMILES string of the molecule is Cc1c(C)c2c(c(C)c1O)CCC(C)(CCc1cccnc1)O2. The van der Waals surface area contributed by atoms with Crippen molar-refractivity contribution in [2.45, 2.75) is 59.0 Å². The zero-order chi connectivity index (χ0) is 16.6. The molecule has 0 aliphatic carbocycles. The van der Waals surface area contributed by atoms with E-state index in [1.807, 2.05) is 33.0 Å². The number of nitrogens with zero attached hydrogens (tertiary/aromatic N) is 1. The van der Waals surface area contributed by atoms with Gasteiger partial charge in [0, 0.05) is 18.0 Å². The first-order chi connectivity index (χ1) is 10.9. The topological polar surface area (TPSA) is 42.4 Å². The second kappa shape index (κ2) is 5.88. The molecular formula is C20H25NO2. The minimum atomic E-state index is -0.163. The predicted molar refractivity (Wildman–Crippen MR) is 92.2 cm³/mol. The van der Waals surface area contributed by atoms with Crippen LogP contribution in [0.5, 0.6) is 11.5 Å². The molecule has 2 aromatic rings. The lowest BCUT2D eigenvalue weighted by atomic mass is 9.84. The van der Waals surface area contributed by atoms with Gasteiger partial charge in [-0.25, -0.2) is 0 Å². The van der Waals surface area contributed by atoms with E-state index >= 15 is 0 Å². The van der Waals surface area contributed by atoms with Crippen LogP contribution in [-0.2, 0) is 12.8 Å². The largest absolute Gasteiger partial charge is 0.507 e. The van der Waals surface area contributed by atoms with Crippen LogP contribution < -0.4 is 4.74 Å². The monoisotopic (exact) mass is 311 g/mol. The molecule has 0 spiro atoms. The Morgan fingerprint density at radius 2 is 2.00 bits per heavy atom. The molecule has 0 amide bonds. The molecule has 23 heavy (non-hydrogen) atoms. The number of ether oxygens (including phenoxy) is 1. The lowest BCUT2D eigenvalue weighted by molar-refractivity contribution is 0.0552. The van der Waals surface area contributed by atoms with Gasteiger partial charge in [0.05, 0.1) is 0 Å². The number of rotatable bonds is 3. The van der Waals surface area contributed by atoms with Gasteiger partial charge in [0.1, 0.15) is 17.1 Å². The number of hydrogen-bond donors (Lipinski definition) is 1. The van der Waals surface area contributed by atoms with E-state index in [-0.39, 0.29) is 5.60 Å². The summed E-state index contributed by atoms with van der Waals surface area (Å²) in [4.78, 5) is 4.19. The molecule has 1 aliphatic rings. The molecule has 1 atom stereocenters. The lowest BCUT2D eigenvalue weighted by Gasteiger charge is -2.38. The summed E-state index contributed by atoms with van der Waals surface area (Å²) in [5.41, 5.74) is 5.22. The van der Waals surface area contributed by atoms with Crippen LogP contribution in [-0.4, -0.2) is 15.7 Å². The molecule has 1 aliphatic heterocycles. The van der Waals surface area contributed by atoms with Crippen LogP contribution in [0.1, 0.15) is 47.6 Å². The molecular weight excluding hydrogens is 286 g/mol. The van der Waals surface area contributed by atoms with Crippen molar-refractivity contribution in [2.24, 2.45) is 0 Å². The molecule has 0 fully saturated rings. The maximum absolute atomic E-state index is 10.3. The number of aromatic hydroxyl groups is 1. The maximum atomic E-state index is 10.3. The minimum absolute atomic E-state index is 0.163. The molecule has 122 valence electrons. The second-order valence-electron chi connectivity index (χ2n) is 6.94. The molecule has 1 unspecified atom stereocenters. The summed E-state index contributed by atoms with van der Waals surface area (Å²) in [6, 6.07) is 4.10. The number of fused-ring (bicyclic) bond motifs is 1. The third-order valence-electron chi connectivity index (χ3n) is 5.26. The van der Waals surface area contributed by atoms with Gasteiger partial charge in [-0.15, -0.1) is 0 Å². The van der Waals surface area contributed by atoms with Gasteiger partial charge in [0.2, 0.25) is 0 Å². The first kappa shape index (κ1) is 15.9. The van der Waals surface area contributed by atoms with Crippen LogP contribution in [0.15, 0.2) is 24.5 Å². The summed E-state index contributed by atoms with van der Waals surface area (Å²) in [5, 5.41) is 10.3. The van der Waals surface area contributed by atoms with E-state index in [9.17, 15) is 5.11 Å². The molecule has 0 bridgehead atoms. The van der Waals surface area contributed by atoms with Gasteiger partial charge in [-0.2, -0.15) is 0 Å². The Balaban J connectivity index is 1.84. The van der Waals surface area contributed by atoms with E-state index in [1.54, 1.807) is 6.20 Å². The van der Waals surface area contributed by atoms with Crippen molar-refractivity contribution in [1.82, 2.24) is 4.98 Å². The zero-order valence-electron chi connectivity index (χ0n) is 14.4. The Hall–Kier alpha value is -2.03. The Kier molecular flexibility index (Phi) is 4.05. The zero-order valence-corrected chi connectivity index (χ0v) is 14.4. The Bertz CT molecular complexity index is 724. The van der Waals surface area contributed by atoms with Crippen LogP contribution in [0.2, 0.25) is 0 Å². The van der Waals surface area contributed by atoms with E-state index in [0.29, 0.717) is 5.75 Å². The van der Waals surface area contributed by atoms with Crippen LogP contribution in [0.25, 0.3) is 0 Å². The lowest BCUT2D eigenvalue weighted by Crippen LogP contribution is -2.37. The number of phenols is 1. The van der Waals surface area contributed by atoms with Crippen molar-refractivity contribution in [3.8, 4) is 11.5 Å². The standard InChI is InChI=1S/C20H25NO2/c1-13-14(2)19-17(15(3)18(13)22)8-10-20(4,23-19)9-7-16-6-5-11-21-12-16/h5-6,11-12,22H,7-10H2,1-4H3. The van der Waals surface area contributed by atoms with E-state index in [4.69, 9.17) is 4.74 Å². The first-order valence-corrected chi connectivity index (χ1v) is 8.31. The summed E-state index contributed by atoms with van der Waals surface area (Å²) in [6.45, 7) is 8.19. The number of hydrogen-bond acceptors (Lipinski definition) is 3. The van der Waals surface area contributed by atoms with Gasteiger partial charge in [0.25, 0.3) is 0 Å². The highest BCUT2D eigenvalue weighted by Gasteiger charge is 2.34. The van der Waals surface area contributed by atoms with Gasteiger partial charge in [-0.1, -0.05) is 6.07 Å². The third-order valence-corrected chi connectivity index (χ3v) is 5.26. The summed E-state index contributed by atoms with van der Waals surface area (Å²) in [5.74, 6) is 1.40. The molecule has 0 radical (unpaired) electrons. The fourth-order valence-electron chi connectivity index (χ4n) is 3.43. The van der Waals surface area contributed by atoms with Gasteiger partial charge in [-0.3, -0.25) is 4.98 Å². The van der Waals surface area contributed by atoms with Crippen molar-refractivity contribution in [3.63, 3.8) is 0 Å². The number of phenolic OH excluding ortho intramolecular Hbond substituents is 1. The van der Waals surface area contributed by atoms with E-state index < -0.39 is 0 Å². The smallest absolute Gasteiger partial charge is 0.127 e. The van der Waals surface area contributed by atoms with Gasteiger partial charge in [-0.05, 0) is 81.7 Å². The second-order valence-corrected chi connectivity index (χ2v) is 6.94. The molecule has 1 aromatic carbocycles. The molecule has 3 rings (SSSR count). The predicted octanol–water partition coefficient (Wildman–Crippen LogP) is 4.43. The van der Waals surface area contributed by atoms with E-state index in [1.165, 1.54) is 11.1 Å². The van der Waals surface area contributed by atoms with Crippen LogP contribution in [0.4, 0.5) is 0 Å². The highest BCUT2D eigenvalue weighted by molar-refractivity contribution is 5.58. The van der Waals surface area contributed by atoms with Crippen LogP contribution in [0, 0.1) is 20.8 Å². The highest BCUT2D eigenvalue weighted by atomic mass is 16.5. The number of benzene rings is 1. The fraction of sp³-hybridized carbons (Fsp3) is 0.450. The number of pyridine rings is 1. The van der Waals surface area contributed by atoms with Crippen molar-refractivity contribution >= 4 is 0 Å². The Labute approximate surface area is 138 Å². The van der Waals surface area contributed by atoms with Crippen molar-refractivity contribution in [3.05, 3.63) is 52.3 Å². The van der Waals surface area contributed by atoms with Gasteiger partial charge >= 0.3 is 0 Å². The van der Waals surface area contributed by atoms with Crippen LogP contribution in [0.3, 0.4) is 0 Å². The molecule has 0 saturated heterocycles. The summed E-state index contributed by atoms with van der Waals surface area (Å²) in [6.07, 6.45) is 7.60. The van der Waals surface area contributed by atoms with Crippen LogP contribution >= 0.6 is 0 Å². The average molecular weight is 311 g/mol. The Morgan fingerprint density at radius 3 is 2.70 bits per heavy atom. The van der Waals surface area contributed by atoms with Gasteiger partial charge < -0.3 is 9.84 Å². The van der Waals surface area contributed by atoms with Crippen molar-refractivity contribution < 1.29 is 9.84 Å². The molecule has 1 aromatic heterocycles. The summed E-state index contributed by atoms with van der Waals surface area (Å²) in [7, 11) is 0. The number of aryl methyl sites for hydroxylation is 1. The average Bonchev–Trinajstić information content (AvgIpc) is 2.57. The normalized spacial score (nSPS) is 20.0. The van der Waals surface area contributed by atoms with Crippen molar-refractivity contribution in [1.29, 1.82) is 0 Å². The molecule has 3 nitrogen and oxygen atoms in total. The highest BCUT2D eigenvalue weighted by Crippen LogP contribution is 2.44.